The lowest BCUT2D eigenvalue weighted by Crippen LogP contribution is -2.49. The molecule has 0 aromatic heterocycles. The molecule has 0 unspecified atom stereocenters. The number of rotatable bonds is 12. The van der Waals surface area contributed by atoms with E-state index in [0.29, 0.717) is 49.3 Å². The largest absolute Gasteiger partial charge is 0.369 e. The predicted octanol–water partition coefficient (Wildman–Crippen LogP) is 5.07. The van der Waals surface area contributed by atoms with Gasteiger partial charge in [0.05, 0.1) is 29.7 Å². The minimum atomic E-state index is -3.64. The van der Waals surface area contributed by atoms with Gasteiger partial charge in [0.25, 0.3) is 0 Å². The Morgan fingerprint density at radius 2 is 1.55 bits per heavy atom. The zero-order valence-corrected chi connectivity index (χ0v) is 25.8. The Kier molecular flexibility index (Phi) is 10.9. The van der Waals surface area contributed by atoms with E-state index in [9.17, 15) is 26.8 Å². The summed E-state index contributed by atoms with van der Waals surface area (Å²) in [7, 11) is -3.64. The van der Waals surface area contributed by atoms with Gasteiger partial charge in [-0.3, -0.25) is 14.6 Å². The maximum atomic E-state index is 14.5. The van der Waals surface area contributed by atoms with Gasteiger partial charge in [-0.1, -0.05) is 37.6 Å². The molecule has 4 rings (SSSR count). The third kappa shape index (κ3) is 8.76. The van der Waals surface area contributed by atoms with Crippen molar-refractivity contribution in [3.05, 3.63) is 89.5 Å². The summed E-state index contributed by atoms with van der Waals surface area (Å²) in [6.07, 6.45) is 4.15. The molecule has 3 amide bonds. The van der Waals surface area contributed by atoms with E-state index in [2.05, 4.69) is 10.2 Å². The predicted molar refractivity (Wildman–Crippen MR) is 168 cm³/mol. The highest BCUT2D eigenvalue weighted by molar-refractivity contribution is 7.92. The number of urea groups is 1. The van der Waals surface area contributed by atoms with Crippen molar-refractivity contribution in [1.29, 1.82) is 0 Å². The van der Waals surface area contributed by atoms with Crippen LogP contribution in [-0.4, -0.2) is 57.2 Å². The van der Waals surface area contributed by atoms with Crippen molar-refractivity contribution >= 4 is 39.0 Å². The van der Waals surface area contributed by atoms with E-state index in [1.807, 2.05) is 19.1 Å². The molecule has 1 aliphatic rings. The molecule has 9 nitrogen and oxygen atoms in total. The number of likely N-dealkylation sites (tertiary alicyclic amines) is 1. The van der Waals surface area contributed by atoms with Gasteiger partial charge in [0.1, 0.15) is 11.6 Å². The van der Waals surface area contributed by atoms with Gasteiger partial charge in [-0.15, -0.1) is 0 Å². The van der Waals surface area contributed by atoms with Crippen LogP contribution in [0.1, 0.15) is 43.7 Å². The van der Waals surface area contributed by atoms with Crippen molar-refractivity contribution in [3.8, 4) is 0 Å². The van der Waals surface area contributed by atoms with Gasteiger partial charge in [-0.25, -0.2) is 26.3 Å². The summed E-state index contributed by atoms with van der Waals surface area (Å²) >= 11 is 0. The van der Waals surface area contributed by atoms with E-state index >= 15 is 0 Å². The number of nitrogens with one attached hydrogen (secondary N) is 1. The zero-order chi connectivity index (χ0) is 31.9. The van der Waals surface area contributed by atoms with E-state index in [1.54, 1.807) is 36.4 Å². The first-order valence-corrected chi connectivity index (χ1v) is 16.5. The standard InChI is InChI=1S/C32H39F2N5O4S/c1-3-4-17-38(30-14-9-25(33)21-29(30)34)32(41)36-26-15-18-37(19-16-26)22-24-7-12-28(13-8-24)39(44(2,42)43)27-10-5-23(6-11-27)20-31(35)40/h5-14,21,26H,3-4,15-20,22H2,1-2H3,(H2,35,40)(H,36,41). The number of nitrogens with zero attached hydrogens (tertiary/aromatic N) is 3. The molecule has 0 saturated carbocycles. The summed E-state index contributed by atoms with van der Waals surface area (Å²) in [5.74, 6) is -1.92. The second-order valence-electron chi connectivity index (χ2n) is 11.1. The Bertz CT molecular complexity index is 1540. The van der Waals surface area contributed by atoms with Gasteiger partial charge >= 0.3 is 6.03 Å². The van der Waals surface area contributed by atoms with E-state index in [0.717, 1.165) is 43.5 Å². The van der Waals surface area contributed by atoms with Crippen molar-refractivity contribution in [2.45, 2.75) is 51.6 Å². The summed E-state index contributed by atoms with van der Waals surface area (Å²) in [6, 6.07) is 16.7. The highest BCUT2D eigenvalue weighted by Gasteiger charge is 2.26. The molecule has 3 aromatic rings. The van der Waals surface area contributed by atoms with Gasteiger partial charge in [-0.05, 0) is 66.8 Å². The first kappa shape index (κ1) is 32.9. The number of sulfonamides is 1. The number of amides is 3. The Morgan fingerprint density at radius 3 is 2.07 bits per heavy atom. The number of halogens is 2. The molecule has 3 N–H and O–H groups in total. The number of primary amides is 1. The van der Waals surface area contributed by atoms with Crippen LogP contribution in [0.15, 0.2) is 66.7 Å². The number of hydrogen-bond donors (Lipinski definition) is 2. The molecule has 1 fully saturated rings. The molecule has 0 spiro atoms. The van der Waals surface area contributed by atoms with Crippen molar-refractivity contribution in [2.75, 3.05) is 35.1 Å². The maximum absolute atomic E-state index is 14.5. The summed E-state index contributed by atoms with van der Waals surface area (Å²) in [6.45, 7) is 4.44. The normalized spacial score (nSPS) is 14.3. The molecule has 44 heavy (non-hydrogen) atoms. The summed E-state index contributed by atoms with van der Waals surface area (Å²) in [5.41, 5.74) is 7.97. The SMILES string of the molecule is CCCCN(C(=O)NC1CCN(Cc2ccc(N(c3ccc(CC(N)=O)cc3)S(C)(=O)=O)cc2)CC1)c1ccc(F)cc1F. The highest BCUT2D eigenvalue weighted by atomic mass is 32.2. The molecule has 0 atom stereocenters. The summed E-state index contributed by atoms with van der Waals surface area (Å²) < 4.78 is 54.5. The monoisotopic (exact) mass is 627 g/mol. The lowest BCUT2D eigenvalue weighted by atomic mass is 10.0. The van der Waals surface area contributed by atoms with Gasteiger partial charge in [0, 0.05) is 38.3 Å². The van der Waals surface area contributed by atoms with Crippen LogP contribution < -0.4 is 20.3 Å². The number of carbonyl (C=O) groups is 2. The number of piperidine rings is 1. The average molecular weight is 628 g/mol. The van der Waals surface area contributed by atoms with Crippen molar-refractivity contribution in [2.24, 2.45) is 5.73 Å². The van der Waals surface area contributed by atoms with Crippen LogP contribution in [0.3, 0.4) is 0 Å². The number of unbranched alkanes of at least 4 members (excludes halogenated alkanes) is 1. The number of hydrogen-bond acceptors (Lipinski definition) is 5. The molecular weight excluding hydrogens is 588 g/mol. The molecule has 0 radical (unpaired) electrons. The Balaban J connectivity index is 1.35. The van der Waals surface area contributed by atoms with E-state index in [4.69, 9.17) is 5.73 Å². The molecule has 236 valence electrons. The third-order valence-corrected chi connectivity index (χ3v) is 8.64. The summed E-state index contributed by atoms with van der Waals surface area (Å²) in [4.78, 5) is 27.9. The van der Waals surface area contributed by atoms with Crippen LogP contribution in [0, 0.1) is 11.6 Å². The fraction of sp³-hybridized carbons (Fsp3) is 0.375. The molecule has 12 heteroatoms. The Labute approximate surface area is 257 Å². The fourth-order valence-corrected chi connectivity index (χ4v) is 6.32. The lowest BCUT2D eigenvalue weighted by molar-refractivity contribution is -0.117. The number of nitrogens with two attached hydrogens (primary N) is 1. The molecular formula is C32H39F2N5O4S. The van der Waals surface area contributed by atoms with Crippen LogP contribution >= 0.6 is 0 Å². The van der Waals surface area contributed by atoms with Gasteiger partial charge in [0.2, 0.25) is 15.9 Å². The van der Waals surface area contributed by atoms with Crippen LogP contribution in [0.5, 0.6) is 0 Å². The zero-order valence-electron chi connectivity index (χ0n) is 25.0. The van der Waals surface area contributed by atoms with E-state index < -0.39 is 33.6 Å². The minimum absolute atomic E-state index is 0.0628. The second-order valence-corrected chi connectivity index (χ2v) is 12.9. The molecule has 1 saturated heterocycles. The van der Waals surface area contributed by atoms with E-state index in [-0.39, 0.29) is 18.2 Å². The number of anilines is 3. The minimum Gasteiger partial charge on any atom is -0.369 e. The molecule has 0 bridgehead atoms. The third-order valence-electron chi connectivity index (χ3n) is 7.55. The lowest BCUT2D eigenvalue weighted by Gasteiger charge is -2.34. The Hall–Kier alpha value is -4.03. The fourth-order valence-electron chi connectivity index (χ4n) is 5.31. The number of carbonyl (C=O) groups excluding carboxylic acids is 2. The van der Waals surface area contributed by atoms with Crippen LogP contribution in [-0.2, 0) is 27.8 Å². The molecule has 3 aromatic carbocycles. The van der Waals surface area contributed by atoms with Crippen molar-refractivity contribution < 1.29 is 26.8 Å². The van der Waals surface area contributed by atoms with Gasteiger partial charge in [-0.2, -0.15) is 0 Å². The first-order valence-electron chi connectivity index (χ1n) is 14.7. The van der Waals surface area contributed by atoms with Crippen molar-refractivity contribution in [3.63, 3.8) is 0 Å². The Morgan fingerprint density at radius 1 is 0.955 bits per heavy atom. The highest BCUT2D eigenvalue weighted by Crippen LogP contribution is 2.29. The molecule has 0 aliphatic carbocycles. The molecule has 1 aliphatic heterocycles. The van der Waals surface area contributed by atoms with Crippen LogP contribution in [0.4, 0.5) is 30.6 Å². The van der Waals surface area contributed by atoms with Crippen molar-refractivity contribution in [1.82, 2.24) is 10.2 Å². The average Bonchev–Trinajstić information content (AvgIpc) is 2.96. The second kappa shape index (κ2) is 14.6. The topological polar surface area (TPSA) is 116 Å². The molecule has 1 heterocycles. The van der Waals surface area contributed by atoms with Crippen LogP contribution in [0.2, 0.25) is 0 Å². The van der Waals surface area contributed by atoms with Gasteiger partial charge < -0.3 is 11.1 Å². The quantitative estimate of drug-likeness (QED) is 0.291. The smallest absolute Gasteiger partial charge is 0.322 e. The van der Waals surface area contributed by atoms with Gasteiger partial charge in [0.15, 0.2) is 0 Å². The summed E-state index contributed by atoms with van der Waals surface area (Å²) in [5, 5.41) is 3.03. The van der Waals surface area contributed by atoms with Crippen LogP contribution in [0.25, 0.3) is 0 Å². The maximum Gasteiger partial charge on any atom is 0.322 e. The number of benzene rings is 3. The van der Waals surface area contributed by atoms with E-state index in [1.165, 1.54) is 15.3 Å². The first-order chi connectivity index (χ1) is 20.9.